The molecule has 1 aromatic carbocycles. The third-order valence-corrected chi connectivity index (χ3v) is 2.92. The molecule has 0 amide bonds. The maximum atomic E-state index is 11.3. The van der Waals surface area contributed by atoms with Gasteiger partial charge in [-0.15, -0.1) is 11.6 Å². The summed E-state index contributed by atoms with van der Waals surface area (Å²) in [5.74, 6) is -0.410. The molecule has 3 nitrogen and oxygen atoms in total. The average Bonchev–Trinajstić information content (AvgIpc) is 2.38. The first-order chi connectivity index (χ1) is 8.22. The highest BCUT2D eigenvalue weighted by molar-refractivity contribution is 6.30. The number of methoxy groups -OCH3 is 1. The van der Waals surface area contributed by atoms with Crippen molar-refractivity contribution >= 4 is 28.5 Å². The Morgan fingerprint density at radius 3 is 3.00 bits per heavy atom. The SMILES string of the molecule is COC(=O)C(Cl)Cc1cccc2ncccc12. The van der Waals surface area contributed by atoms with Crippen molar-refractivity contribution in [2.24, 2.45) is 0 Å². The lowest BCUT2D eigenvalue weighted by molar-refractivity contribution is -0.140. The lowest BCUT2D eigenvalue weighted by atomic mass is 10.0. The summed E-state index contributed by atoms with van der Waals surface area (Å²) < 4.78 is 4.61. The fourth-order valence-corrected chi connectivity index (χ4v) is 2.00. The zero-order valence-corrected chi connectivity index (χ0v) is 10.1. The Balaban J connectivity index is 2.33. The highest BCUT2D eigenvalue weighted by Gasteiger charge is 2.17. The van der Waals surface area contributed by atoms with Gasteiger partial charge in [0.2, 0.25) is 0 Å². The maximum absolute atomic E-state index is 11.3. The second-order valence-electron chi connectivity index (χ2n) is 3.68. The van der Waals surface area contributed by atoms with Crippen LogP contribution in [0.1, 0.15) is 5.56 Å². The van der Waals surface area contributed by atoms with Crippen molar-refractivity contribution in [2.45, 2.75) is 11.8 Å². The Labute approximate surface area is 104 Å². The van der Waals surface area contributed by atoms with Crippen molar-refractivity contribution in [2.75, 3.05) is 7.11 Å². The number of esters is 1. The van der Waals surface area contributed by atoms with E-state index in [0.29, 0.717) is 6.42 Å². The third kappa shape index (κ3) is 2.56. The predicted octanol–water partition coefficient (Wildman–Crippen LogP) is 2.56. The van der Waals surface area contributed by atoms with E-state index in [1.165, 1.54) is 7.11 Å². The molecule has 0 aliphatic heterocycles. The number of carbonyl (C=O) groups is 1. The molecule has 88 valence electrons. The summed E-state index contributed by atoms with van der Waals surface area (Å²) in [7, 11) is 1.34. The quantitative estimate of drug-likeness (QED) is 0.620. The van der Waals surface area contributed by atoms with E-state index in [9.17, 15) is 4.79 Å². The van der Waals surface area contributed by atoms with Crippen molar-refractivity contribution < 1.29 is 9.53 Å². The van der Waals surface area contributed by atoms with E-state index in [4.69, 9.17) is 11.6 Å². The summed E-state index contributed by atoms with van der Waals surface area (Å²) in [5, 5.41) is 0.357. The second-order valence-corrected chi connectivity index (χ2v) is 4.21. The van der Waals surface area contributed by atoms with Crippen molar-refractivity contribution in [1.29, 1.82) is 0 Å². The Bertz CT molecular complexity index is 536. The van der Waals surface area contributed by atoms with E-state index >= 15 is 0 Å². The van der Waals surface area contributed by atoms with Crippen molar-refractivity contribution in [3.63, 3.8) is 0 Å². The zero-order valence-electron chi connectivity index (χ0n) is 9.39. The van der Waals surface area contributed by atoms with Crippen molar-refractivity contribution in [1.82, 2.24) is 4.98 Å². The number of ether oxygens (including phenoxy) is 1. The molecule has 0 radical (unpaired) electrons. The highest BCUT2D eigenvalue weighted by atomic mass is 35.5. The van der Waals surface area contributed by atoms with Crippen LogP contribution in [0.25, 0.3) is 10.9 Å². The number of carbonyl (C=O) groups excluding carboxylic acids is 1. The Morgan fingerprint density at radius 1 is 1.41 bits per heavy atom. The molecule has 17 heavy (non-hydrogen) atoms. The smallest absolute Gasteiger partial charge is 0.324 e. The molecule has 1 unspecified atom stereocenters. The van der Waals surface area contributed by atoms with Gasteiger partial charge in [0.1, 0.15) is 5.38 Å². The number of pyridine rings is 1. The first-order valence-corrected chi connectivity index (χ1v) is 5.70. The molecule has 0 aliphatic rings. The van der Waals surface area contributed by atoms with Gasteiger partial charge < -0.3 is 4.74 Å². The number of halogens is 1. The molecule has 2 rings (SSSR count). The summed E-state index contributed by atoms with van der Waals surface area (Å²) in [6.07, 6.45) is 2.18. The van der Waals surface area contributed by atoms with E-state index in [-0.39, 0.29) is 0 Å². The van der Waals surface area contributed by atoms with Gasteiger partial charge in [0.25, 0.3) is 0 Å². The summed E-state index contributed by atoms with van der Waals surface area (Å²) in [6, 6.07) is 9.62. The van der Waals surface area contributed by atoms with Gasteiger partial charge in [0.05, 0.1) is 12.6 Å². The van der Waals surface area contributed by atoms with Crippen LogP contribution in [-0.4, -0.2) is 23.4 Å². The van der Waals surface area contributed by atoms with E-state index in [1.807, 2.05) is 30.3 Å². The fraction of sp³-hybridized carbons (Fsp3) is 0.231. The van der Waals surface area contributed by atoms with E-state index in [2.05, 4.69) is 9.72 Å². The van der Waals surface area contributed by atoms with Crippen LogP contribution in [0.15, 0.2) is 36.5 Å². The number of fused-ring (bicyclic) bond motifs is 1. The standard InChI is InChI=1S/C13H12ClNO2/c1-17-13(16)11(14)8-9-4-2-6-12-10(9)5-3-7-15-12/h2-7,11H,8H2,1H3. The summed E-state index contributed by atoms with van der Waals surface area (Å²) in [4.78, 5) is 15.5. The van der Waals surface area contributed by atoms with Crippen LogP contribution in [0.4, 0.5) is 0 Å². The molecule has 2 aromatic rings. The van der Waals surface area contributed by atoms with Gasteiger partial charge in [0.15, 0.2) is 0 Å². The molecule has 0 saturated heterocycles. The molecule has 0 aliphatic carbocycles. The molecule has 0 spiro atoms. The molecule has 0 bridgehead atoms. The van der Waals surface area contributed by atoms with Gasteiger partial charge in [-0.3, -0.25) is 9.78 Å². The van der Waals surface area contributed by atoms with Gasteiger partial charge in [-0.05, 0) is 17.7 Å². The minimum atomic E-state index is -0.661. The minimum absolute atomic E-state index is 0.410. The average molecular weight is 250 g/mol. The van der Waals surface area contributed by atoms with Crippen LogP contribution < -0.4 is 0 Å². The summed E-state index contributed by atoms with van der Waals surface area (Å²) in [6.45, 7) is 0. The fourth-order valence-electron chi connectivity index (χ4n) is 1.75. The number of aromatic nitrogens is 1. The van der Waals surface area contributed by atoms with E-state index in [1.54, 1.807) is 6.20 Å². The van der Waals surface area contributed by atoms with Crippen molar-refractivity contribution in [3.05, 3.63) is 42.1 Å². The molecule has 1 aromatic heterocycles. The lowest BCUT2D eigenvalue weighted by Crippen LogP contribution is -2.18. The molecule has 0 N–H and O–H groups in total. The second kappa shape index (κ2) is 5.15. The Morgan fingerprint density at radius 2 is 2.24 bits per heavy atom. The molecule has 1 atom stereocenters. The van der Waals surface area contributed by atoms with E-state index in [0.717, 1.165) is 16.5 Å². The molecular weight excluding hydrogens is 238 g/mol. The molecule has 1 heterocycles. The highest BCUT2D eigenvalue weighted by Crippen LogP contribution is 2.19. The predicted molar refractivity (Wildman–Crippen MR) is 67.1 cm³/mol. The first-order valence-electron chi connectivity index (χ1n) is 5.27. The van der Waals surface area contributed by atoms with Crippen LogP contribution in [-0.2, 0) is 16.0 Å². The van der Waals surface area contributed by atoms with Crippen LogP contribution >= 0.6 is 11.6 Å². The normalized spacial score (nSPS) is 12.4. The first kappa shape index (κ1) is 11.9. The monoisotopic (exact) mass is 249 g/mol. The topological polar surface area (TPSA) is 39.2 Å². The number of hydrogen-bond acceptors (Lipinski definition) is 3. The number of nitrogens with zero attached hydrogens (tertiary/aromatic N) is 1. The third-order valence-electron chi connectivity index (χ3n) is 2.59. The van der Waals surface area contributed by atoms with Gasteiger partial charge in [-0.1, -0.05) is 18.2 Å². The number of benzene rings is 1. The largest absolute Gasteiger partial charge is 0.468 e. The lowest BCUT2D eigenvalue weighted by Gasteiger charge is -2.09. The number of alkyl halides is 1. The summed E-state index contributed by atoms with van der Waals surface area (Å²) >= 11 is 5.97. The molecule has 4 heteroatoms. The maximum Gasteiger partial charge on any atom is 0.324 e. The van der Waals surface area contributed by atoms with E-state index < -0.39 is 11.3 Å². The number of rotatable bonds is 3. The van der Waals surface area contributed by atoms with Gasteiger partial charge >= 0.3 is 5.97 Å². The van der Waals surface area contributed by atoms with Crippen LogP contribution in [0.2, 0.25) is 0 Å². The van der Waals surface area contributed by atoms with Gasteiger partial charge in [-0.25, -0.2) is 0 Å². The van der Waals surface area contributed by atoms with Crippen LogP contribution in [0.5, 0.6) is 0 Å². The Kier molecular flexibility index (Phi) is 3.59. The van der Waals surface area contributed by atoms with Gasteiger partial charge in [-0.2, -0.15) is 0 Å². The number of hydrogen-bond donors (Lipinski definition) is 0. The zero-order chi connectivity index (χ0) is 12.3. The molecule has 0 fully saturated rings. The summed E-state index contributed by atoms with van der Waals surface area (Å²) in [5.41, 5.74) is 1.90. The van der Waals surface area contributed by atoms with Crippen LogP contribution in [0, 0.1) is 0 Å². The van der Waals surface area contributed by atoms with Crippen LogP contribution in [0.3, 0.4) is 0 Å². The molecular formula is C13H12ClNO2. The van der Waals surface area contributed by atoms with Gasteiger partial charge in [0, 0.05) is 18.0 Å². The molecule has 0 saturated carbocycles. The Hall–Kier alpha value is -1.61. The van der Waals surface area contributed by atoms with Crippen molar-refractivity contribution in [3.8, 4) is 0 Å². The minimum Gasteiger partial charge on any atom is -0.468 e.